The van der Waals surface area contributed by atoms with Gasteiger partial charge in [-0.15, -0.1) is 5.53 Å². The van der Waals surface area contributed by atoms with Crippen LogP contribution in [0.3, 0.4) is 0 Å². The average Bonchev–Trinajstić information content (AvgIpc) is 2.85. The zero-order valence-electron chi connectivity index (χ0n) is 6.74. The standard InChI is InChI=1S/C5H5.C3H3P2.2ClH.Zr/c1-2-4-5-3-1;1-2-5-3-4-1;;;/h1-5H;1-2,4H;2*1H;/q2*-1;;;+4/p-2. The zero-order chi connectivity index (χ0) is 9.78. The van der Waals surface area contributed by atoms with Crippen LogP contribution in [0, 0.1) is 5.53 Å². The molecule has 1 atom stereocenters. The minimum atomic E-state index is -0.826. The van der Waals surface area contributed by atoms with Crippen molar-refractivity contribution in [2.45, 2.75) is 0 Å². The van der Waals surface area contributed by atoms with E-state index in [2.05, 4.69) is 17.1 Å². The molecule has 13 heavy (non-hydrogen) atoms. The minimum absolute atomic E-state index is 0.826. The molecule has 0 spiro atoms. The molecule has 0 aliphatic heterocycles. The summed E-state index contributed by atoms with van der Waals surface area (Å²) in [5.74, 6) is 4.25. The average molecular weight is 328 g/mol. The summed E-state index contributed by atoms with van der Waals surface area (Å²) in [5, 5.41) is 0. The van der Waals surface area contributed by atoms with E-state index in [9.17, 15) is 0 Å². The molecule has 1 unspecified atom stereocenters. The van der Waals surface area contributed by atoms with Gasteiger partial charge in [0, 0.05) is 0 Å². The maximum absolute atomic E-state index is 4.93. The van der Waals surface area contributed by atoms with Crippen LogP contribution in [-0.2, 0) is 20.8 Å². The second-order valence-corrected chi connectivity index (χ2v) is 7.54. The van der Waals surface area contributed by atoms with Gasteiger partial charge >= 0.3 is 37.9 Å². The van der Waals surface area contributed by atoms with Crippen LogP contribution in [0.1, 0.15) is 0 Å². The van der Waals surface area contributed by atoms with Crippen molar-refractivity contribution in [1.29, 1.82) is 0 Å². The van der Waals surface area contributed by atoms with E-state index in [1.807, 2.05) is 30.3 Å². The van der Waals surface area contributed by atoms with E-state index in [0.29, 0.717) is 0 Å². The molecule has 0 aliphatic carbocycles. The van der Waals surface area contributed by atoms with E-state index in [-0.39, 0.29) is 0 Å². The summed E-state index contributed by atoms with van der Waals surface area (Å²) in [6.45, 7) is 0. The van der Waals surface area contributed by atoms with E-state index in [4.69, 9.17) is 17.0 Å². The Morgan fingerprint density at radius 1 is 1.31 bits per heavy atom. The fraction of sp³-hybridized carbons (Fsp3) is 0. The van der Waals surface area contributed by atoms with Gasteiger partial charge in [-0.25, -0.2) is 20.3 Å². The van der Waals surface area contributed by atoms with Gasteiger partial charge in [0.15, 0.2) is 0 Å². The fourth-order valence-corrected chi connectivity index (χ4v) is 2.00. The Hall–Kier alpha value is 1.02. The summed E-state index contributed by atoms with van der Waals surface area (Å²) in [4.78, 5) is 0. The SMILES string of the molecule is [Cl][Zr+2][Cl].[c-]1pcc[pH]1.c1cc[cH-]c1. The molecule has 1 aromatic heterocycles. The van der Waals surface area contributed by atoms with Crippen LogP contribution in [0.25, 0.3) is 0 Å². The van der Waals surface area contributed by atoms with Gasteiger partial charge in [0.05, 0.1) is 0 Å². The van der Waals surface area contributed by atoms with Crippen LogP contribution in [-0.4, -0.2) is 0 Å². The second kappa shape index (κ2) is 13.0. The maximum atomic E-state index is 4.93. The van der Waals surface area contributed by atoms with E-state index < -0.39 is 20.8 Å². The van der Waals surface area contributed by atoms with Crippen LogP contribution >= 0.6 is 33.4 Å². The van der Waals surface area contributed by atoms with Gasteiger partial charge in [0.1, 0.15) is 0 Å². The topological polar surface area (TPSA) is 0 Å². The molecule has 1 aromatic carbocycles. The van der Waals surface area contributed by atoms with Crippen molar-refractivity contribution in [2.75, 3.05) is 0 Å². The molecule has 0 aliphatic rings. The number of halogens is 2. The van der Waals surface area contributed by atoms with Crippen LogP contribution in [0.4, 0.5) is 0 Å². The Bertz CT molecular complexity index is 172. The normalized spacial score (nSPS) is 8.15. The molecule has 1 heterocycles. The Morgan fingerprint density at radius 2 is 1.92 bits per heavy atom. The quantitative estimate of drug-likeness (QED) is 0.605. The van der Waals surface area contributed by atoms with Crippen molar-refractivity contribution in [3.8, 4) is 0 Å². The molecule has 2 aromatic rings. The molecule has 68 valence electrons. The largest absolute Gasteiger partial charge is 0.266 e. The van der Waals surface area contributed by atoms with Gasteiger partial charge in [0.2, 0.25) is 0 Å². The number of rotatable bonds is 0. The molecule has 0 saturated carbocycles. The molecule has 0 N–H and O–H groups in total. The third-order valence-electron chi connectivity index (χ3n) is 0.917. The molecule has 0 nitrogen and oxygen atoms in total. The Morgan fingerprint density at radius 3 is 2.08 bits per heavy atom. The zero-order valence-corrected chi connectivity index (χ0v) is 12.6. The molecular formula is C8H8Cl2P2Zr. The molecule has 0 bridgehead atoms. The van der Waals surface area contributed by atoms with Crippen molar-refractivity contribution in [3.63, 3.8) is 0 Å². The van der Waals surface area contributed by atoms with E-state index in [0.717, 1.165) is 8.19 Å². The summed E-state index contributed by atoms with van der Waals surface area (Å²) in [6, 6.07) is 10.0. The first kappa shape index (κ1) is 14.0. The van der Waals surface area contributed by atoms with Gasteiger partial charge in [-0.1, -0.05) is 0 Å². The predicted octanol–water partition coefficient (Wildman–Crippen LogP) is 4.88. The summed E-state index contributed by atoms with van der Waals surface area (Å²) in [6.07, 6.45) is 0. The summed E-state index contributed by atoms with van der Waals surface area (Å²) in [7, 11) is 12.0. The maximum Gasteiger partial charge on any atom is -0.131 e. The van der Waals surface area contributed by atoms with Crippen LogP contribution in [0.15, 0.2) is 41.9 Å². The van der Waals surface area contributed by atoms with Crippen molar-refractivity contribution >= 4 is 33.4 Å². The molecular weight excluding hydrogens is 320 g/mol. The summed E-state index contributed by atoms with van der Waals surface area (Å²) >= 11 is -0.826. The van der Waals surface area contributed by atoms with E-state index in [1.54, 1.807) is 0 Å². The van der Waals surface area contributed by atoms with Crippen molar-refractivity contribution in [1.82, 2.24) is 0 Å². The predicted molar refractivity (Wildman–Crippen MR) is 61.0 cm³/mol. The van der Waals surface area contributed by atoms with Crippen LogP contribution in [0.2, 0.25) is 0 Å². The third kappa shape index (κ3) is 13.0. The monoisotopic (exact) mass is 326 g/mol. The Labute approximate surface area is 101 Å². The van der Waals surface area contributed by atoms with Gasteiger partial charge in [-0.05, 0) is 0 Å². The van der Waals surface area contributed by atoms with E-state index in [1.165, 1.54) is 8.19 Å². The Balaban J connectivity index is 0.000000174. The first-order valence-corrected chi connectivity index (χ1v) is 11.8. The molecule has 0 fully saturated rings. The van der Waals surface area contributed by atoms with Crippen LogP contribution in [0.5, 0.6) is 0 Å². The van der Waals surface area contributed by atoms with Gasteiger partial charge < -0.3 is 0 Å². The van der Waals surface area contributed by atoms with Gasteiger partial charge in [0.25, 0.3) is 0 Å². The number of hydrogen-bond acceptors (Lipinski definition) is 0. The molecule has 0 saturated heterocycles. The molecule has 0 radical (unpaired) electrons. The molecule has 0 amide bonds. The number of hydrogen-bond donors (Lipinski definition) is 0. The first-order valence-electron chi connectivity index (χ1n) is 3.40. The van der Waals surface area contributed by atoms with E-state index >= 15 is 0 Å². The van der Waals surface area contributed by atoms with Crippen molar-refractivity contribution in [3.05, 3.63) is 47.5 Å². The van der Waals surface area contributed by atoms with Gasteiger partial charge in [-0.3, -0.25) is 8.19 Å². The van der Waals surface area contributed by atoms with Crippen molar-refractivity contribution in [2.24, 2.45) is 0 Å². The second-order valence-electron chi connectivity index (χ2n) is 1.73. The summed E-state index contributed by atoms with van der Waals surface area (Å²) in [5.41, 5.74) is 3.11. The minimum Gasteiger partial charge on any atom is -0.266 e. The summed E-state index contributed by atoms with van der Waals surface area (Å²) < 4.78 is 0. The Kier molecular flexibility index (Phi) is 14.0. The molecule has 5 heteroatoms. The third-order valence-corrected chi connectivity index (χ3v) is 2.86. The first-order chi connectivity index (χ1) is 6.41. The van der Waals surface area contributed by atoms with Gasteiger partial charge in [-0.2, -0.15) is 29.8 Å². The fourth-order valence-electron chi connectivity index (χ4n) is 0.507. The van der Waals surface area contributed by atoms with Crippen molar-refractivity contribution < 1.29 is 20.8 Å². The smallest absolute Gasteiger partial charge is 0.131 e. The molecule has 2 rings (SSSR count). The van der Waals surface area contributed by atoms with Crippen LogP contribution < -0.4 is 0 Å².